The molecule has 0 radical (unpaired) electrons. The summed E-state index contributed by atoms with van der Waals surface area (Å²) < 4.78 is 26.7. The van der Waals surface area contributed by atoms with Crippen LogP contribution in [0.4, 0.5) is 5.69 Å². The van der Waals surface area contributed by atoms with E-state index in [1.807, 2.05) is 94.4 Å². The molecule has 0 unspecified atom stereocenters. The number of aryl methyl sites for hydroxylation is 2. The number of benzene rings is 3. The zero-order valence-corrected chi connectivity index (χ0v) is 26.4. The van der Waals surface area contributed by atoms with Crippen LogP contribution in [0.5, 0.6) is 0 Å². The largest absolute Gasteiger partial charge is 0.352 e. The standard InChI is InChI=1S/C34H45N3O4S/c1-6-27(4)35-34(39)32(24-29-15-9-8-10-16-29)36(25-30-17-12-11-14-26(30)3)33(38)18-13-23-37(42(5,40)41)31-21-19-28(7-2)20-22-31/h8-12,14-17,19-22,27,32H,6-7,13,18,23-25H2,1-5H3,(H,35,39)/t27-,32-/m1/s1. The summed E-state index contributed by atoms with van der Waals surface area (Å²) in [6, 6.07) is 24.3. The van der Waals surface area contributed by atoms with Crippen LogP contribution in [-0.4, -0.2) is 50.0 Å². The van der Waals surface area contributed by atoms with Crippen molar-refractivity contribution in [3.8, 4) is 0 Å². The summed E-state index contributed by atoms with van der Waals surface area (Å²) >= 11 is 0. The van der Waals surface area contributed by atoms with Crippen molar-refractivity contribution >= 4 is 27.5 Å². The molecule has 3 aromatic carbocycles. The van der Waals surface area contributed by atoms with E-state index in [4.69, 9.17) is 0 Å². The van der Waals surface area contributed by atoms with Crippen molar-refractivity contribution < 1.29 is 18.0 Å². The first-order valence-corrected chi connectivity index (χ1v) is 16.6. The molecule has 1 N–H and O–H groups in total. The maximum Gasteiger partial charge on any atom is 0.243 e. The van der Waals surface area contributed by atoms with Gasteiger partial charge in [0.1, 0.15) is 6.04 Å². The summed E-state index contributed by atoms with van der Waals surface area (Å²) in [5.41, 5.74) is 4.66. The number of rotatable bonds is 15. The van der Waals surface area contributed by atoms with Gasteiger partial charge in [-0.2, -0.15) is 0 Å². The van der Waals surface area contributed by atoms with Gasteiger partial charge in [-0.3, -0.25) is 13.9 Å². The summed E-state index contributed by atoms with van der Waals surface area (Å²) in [6.07, 6.45) is 3.61. The fourth-order valence-electron chi connectivity index (χ4n) is 4.87. The van der Waals surface area contributed by atoms with E-state index in [1.54, 1.807) is 17.0 Å². The Morgan fingerprint density at radius 2 is 1.52 bits per heavy atom. The van der Waals surface area contributed by atoms with Crippen LogP contribution in [0.25, 0.3) is 0 Å². The Morgan fingerprint density at radius 1 is 0.881 bits per heavy atom. The molecule has 8 heteroatoms. The lowest BCUT2D eigenvalue weighted by Crippen LogP contribution is -2.52. The fourth-order valence-corrected chi connectivity index (χ4v) is 5.83. The molecule has 0 aliphatic carbocycles. The van der Waals surface area contributed by atoms with Gasteiger partial charge in [0, 0.05) is 32.0 Å². The molecule has 3 rings (SSSR count). The van der Waals surface area contributed by atoms with Gasteiger partial charge in [0.05, 0.1) is 11.9 Å². The van der Waals surface area contributed by atoms with Gasteiger partial charge in [-0.05, 0) is 67.5 Å². The van der Waals surface area contributed by atoms with E-state index in [0.717, 1.165) is 35.1 Å². The van der Waals surface area contributed by atoms with Gasteiger partial charge < -0.3 is 10.2 Å². The third-order valence-corrected chi connectivity index (χ3v) is 8.85. The highest BCUT2D eigenvalue weighted by atomic mass is 32.2. The predicted octanol–water partition coefficient (Wildman–Crippen LogP) is 5.66. The molecule has 0 aromatic heterocycles. The van der Waals surface area contributed by atoms with Gasteiger partial charge in [-0.25, -0.2) is 8.42 Å². The van der Waals surface area contributed by atoms with Crippen LogP contribution >= 0.6 is 0 Å². The number of anilines is 1. The maximum absolute atomic E-state index is 14.0. The van der Waals surface area contributed by atoms with E-state index < -0.39 is 16.1 Å². The minimum absolute atomic E-state index is 0.0337. The highest BCUT2D eigenvalue weighted by molar-refractivity contribution is 7.92. The number of sulfonamides is 1. The number of amides is 2. The number of hydrogen-bond donors (Lipinski definition) is 1. The molecule has 0 aliphatic rings. The lowest BCUT2D eigenvalue weighted by atomic mass is 10.0. The molecule has 7 nitrogen and oxygen atoms in total. The van der Waals surface area contributed by atoms with E-state index in [9.17, 15) is 18.0 Å². The summed E-state index contributed by atoms with van der Waals surface area (Å²) in [4.78, 5) is 29.4. The number of carbonyl (C=O) groups is 2. The van der Waals surface area contributed by atoms with Crippen molar-refractivity contribution in [1.29, 1.82) is 0 Å². The molecular formula is C34H45N3O4S. The molecule has 0 fully saturated rings. The molecule has 42 heavy (non-hydrogen) atoms. The molecule has 2 amide bonds. The zero-order valence-electron chi connectivity index (χ0n) is 25.5. The van der Waals surface area contributed by atoms with E-state index in [1.165, 1.54) is 10.6 Å². The van der Waals surface area contributed by atoms with E-state index in [-0.39, 0.29) is 37.4 Å². The Bertz CT molecular complexity index is 1410. The summed E-state index contributed by atoms with van der Waals surface area (Å²) in [7, 11) is -3.55. The second-order valence-corrected chi connectivity index (χ2v) is 12.8. The van der Waals surface area contributed by atoms with Crippen molar-refractivity contribution in [2.75, 3.05) is 17.1 Å². The van der Waals surface area contributed by atoms with Crippen LogP contribution in [0.15, 0.2) is 78.9 Å². The van der Waals surface area contributed by atoms with Crippen LogP contribution in [0.2, 0.25) is 0 Å². The van der Waals surface area contributed by atoms with Crippen LogP contribution in [0.3, 0.4) is 0 Å². The Labute approximate surface area is 252 Å². The topological polar surface area (TPSA) is 86.8 Å². The lowest BCUT2D eigenvalue weighted by Gasteiger charge is -2.33. The highest BCUT2D eigenvalue weighted by Crippen LogP contribution is 2.22. The molecule has 0 saturated carbocycles. The van der Waals surface area contributed by atoms with Crippen molar-refractivity contribution in [1.82, 2.24) is 10.2 Å². The molecule has 0 saturated heterocycles. The van der Waals surface area contributed by atoms with Crippen LogP contribution in [0.1, 0.15) is 62.3 Å². The van der Waals surface area contributed by atoms with Crippen molar-refractivity contribution in [3.63, 3.8) is 0 Å². The third-order valence-electron chi connectivity index (χ3n) is 7.66. The Kier molecular flexibility index (Phi) is 12.2. The van der Waals surface area contributed by atoms with Crippen LogP contribution in [-0.2, 0) is 39.0 Å². The van der Waals surface area contributed by atoms with Gasteiger partial charge in [0.25, 0.3) is 0 Å². The molecular weight excluding hydrogens is 546 g/mol. The first kappa shape index (κ1) is 32.9. The third kappa shape index (κ3) is 9.44. The second-order valence-electron chi connectivity index (χ2n) is 10.9. The van der Waals surface area contributed by atoms with Crippen LogP contribution in [0, 0.1) is 6.92 Å². The van der Waals surface area contributed by atoms with E-state index in [2.05, 4.69) is 5.32 Å². The lowest BCUT2D eigenvalue weighted by molar-refractivity contribution is -0.141. The second kappa shape index (κ2) is 15.5. The molecule has 0 bridgehead atoms. The van der Waals surface area contributed by atoms with Crippen molar-refractivity contribution in [2.45, 2.75) is 78.4 Å². The number of hydrogen-bond acceptors (Lipinski definition) is 4. The number of nitrogens with one attached hydrogen (secondary N) is 1. The Morgan fingerprint density at radius 3 is 2.12 bits per heavy atom. The summed E-state index contributed by atoms with van der Waals surface area (Å²) in [6.45, 7) is 8.46. The predicted molar refractivity (Wildman–Crippen MR) is 171 cm³/mol. The normalized spacial score (nSPS) is 12.8. The Hall–Kier alpha value is -3.65. The van der Waals surface area contributed by atoms with Gasteiger partial charge in [0.15, 0.2) is 0 Å². The smallest absolute Gasteiger partial charge is 0.243 e. The van der Waals surface area contributed by atoms with Crippen LogP contribution < -0.4 is 9.62 Å². The minimum atomic E-state index is -3.55. The average Bonchev–Trinajstić information content (AvgIpc) is 2.97. The zero-order chi connectivity index (χ0) is 30.7. The molecule has 226 valence electrons. The number of nitrogens with zero attached hydrogens (tertiary/aromatic N) is 2. The Balaban J connectivity index is 1.89. The highest BCUT2D eigenvalue weighted by Gasteiger charge is 2.31. The van der Waals surface area contributed by atoms with Gasteiger partial charge >= 0.3 is 0 Å². The monoisotopic (exact) mass is 591 g/mol. The van der Waals surface area contributed by atoms with Crippen molar-refractivity contribution in [3.05, 3.63) is 101 Å². The van der Waals surface area contributed by atoms with Gasteiger partial charge in [0.2, 0.25) is 21.8 Å². The van der Waals surface area contributed by atoms with E-state index >= 15 is 0 Å². The minimum Gasteiger partial charge on any atom is -0.352 e. The molecule has 3 aromatic rings. The summed E-state index contributed by atoms with van der Waals surface area (Å²) in [5.74, 6) is -0.378. The van der Waals surface area contributed by atoms with Crippen molar-refractivity contribution in [2.24, 2.45) is 0 Å². The molecule has 0 aliphatic heterocycles. The molecule has 0 heterocycles. The SMILES string of the molecule is CCc1ccc(N(CCCC(=O)N(Cc2ccccc2C)[C@H](Cc2ccccc2)C(=O)N[C@H](C)CC)S(C)(=O)=O)cc1. The first-order chi connectivity index (χ1) is 20.0. The summed E-state index contributed by atoms with van der Waals surface area (Å²) in [5, 5.41) is 3.09. The van der Waals surface area contributed by atoms with Gasteiger partial charge in [-0.1, -0.05) is 80.6 Å². The average molecular weight is 592 g/mol. The van der Waals surface area contributed by atoms with Gasteiger partial charge in [-0.15, -0.1) is 0 Å². The molecule has 0 spiro atoms. The fraction of sp³-hybridized carbons (Fsp3) is 0.412. The number of carbonyl (C=O) groups excluding carboxylic acids is 2. The van der Waals surface area contributed by atoms with E-state index in [0.29, 0.717) is 18.5 Å². The maximum atomic E-state index is 14.0. The first-order valence-electron chi connectivity index (χ1n) is 14.8. The molecule has 2 atom stereocenters. The quantitative estimate of drug-likeness (QED) is 0.247.